The largest absolute Gasteiger partial charge is 0.508 e. The van der Waals surface area contributed by atoms with Crippen molar-refractivity contribution in [3.8, 4) is 5.75 Å². The molecule has 1 aromatic carbocycles. The summed E-state index contributed by atoms with van der Waals surface area (Å²) in [4.78, 5) is 0. The van der Waals surface area contributed by atoms with Crippen LogP contribution in [0.4, 0.5) is 0 Å². The molecule has 2 heteroatoms. The van der Waals surface area contributed by atoms with E-state index in [1.807, 2.05) is 0 Å². The van der Waals surface area contributed by atoms with Crippen molar-refractivity contribution in [2.24, 2.45) is 0 Å². The number of aromatic hydroxyl groups is 1. The molecule has 0 radical (unpaired) electrons. The number of phenolic OH excluding ortho intramolecular Hbond substituents is 1. The zero-order valence-corrected chi connectivity index (χ0v) is 5.49. The summed E-state index contributed by atoms with van der Waals surface area (Å²) in [5.41, 5.74) is 0.852. The van der Waals surface area contributed by atoms with E-state index in [1.54, 1.807) is 12.1 Å². The molecule has 10 heavy (non-hydrogen) atoms. The van der Waals surface area contributed by atoms with E-state index < -0.39 is 6.58 Å². The first-order valence-corrected chi connectivity index (χ1v) is 3.06. The van der Waals surface area contributed by atoms with Gasteiger partial charge in [-0.2, -0.15) is 0 Å². The zero-order chi connectivity index (χ0) is 8.27. The number of aryl methyl sites for hydroxylation is 1. The summed E-state index contributed by atoms with van der Waals surface area (Å²) in [6.07, 6.45) is 0.306. The number of phenols is 1. The van der Waals surface area contributed by atoms with E-state index in [0.29, 0.717) is 6.42 Å². The van der Waals surface area contributed by atoms with Crippen LogP contribution in [0.15, 0.2) is 24.3 Å². The molecule has 0 fully saturated rings. The molecule has 0 aromatic heterocycles. The van der Waals surface area contributed by atoms with Crippen LogP contribution in [0.25, 0.3) is 0 Å². The lowest BCUT2D eigenvalue weighted by Crippen LogP contribution is -1.88. The summed E-state index contributed by atoms with van der Waals surface area (Å²) >= 11 is 0. The Labute approximate surface area is 61.2 Å². The number of hydrogen-bond acceptors (Lipinski definition) is 2. The van der Waals surface area contributed by atoms with Gasteiger partial charge in [-0.15, -0.1) is 0 Å². The van der Waals surface area contributed by atoms with Gasteiger partial charge in [0.15, 0.2) is 0 Å². The van der Waals surface area contributed by atoms with Gasteiger partial charge < -0.3 is 10.2 Å². The minimum atomic E-state index is -1.07. The predicted octanol–water partition coefficient (Wildman–Crippen LogP) is 0.927. The van der Waals surface area contributed by atoms with Crippen molar-refractivity contribution in [2.45, 2.75) is 6.42 Å². The van der Waals surface area contributed by atoms with Gasteiger partial charge in [0.25, 0.3) is 0 Å². The Morgan fingerprint density at radius 1 is 1.30 bits per heavy atom. The van der Waals surface area contributed by atoms with E-state index >= 15 is 0 Å². The Hall–Kier alpha value is -1.02. The summed E-state index contributed by atoms with van der Waals surface area (Å²) < 4.78 is 6.86. The molecule has 0 amide bonds. The van der Waals surface area contributed by atoms with Crippen LogP contribution in [0, 0.1) is 0 Å². The van der Waals surface area contributed by atoms with Crippen LogP contribution in [-0.4, -0.2) is 16.8 Å². The Balaban J connectivity index is 2.66. The molecular formula is C8H10O2. The van der Waals surface area contributed by atoms with E-state index in [9.17, 15) is 0 Å². The van der Waals surface area contributed by atoms with Crippen molar-refractivity contribution in [3.05, 3.63) is 29.8 Å². The lowest BCUT2D eigenvalue weighted by molar-refractivity contribution is 0.299. The van der Waals surface area contributed by atoms with Crippen LogP contribution in [-0.2, 0) is 6.42 Å². The summed E-state index contributed by atoms with van der Waals surface area (Å²) in [5, 5.41) is 17.6. The lowest BCUT2D eigenvalue weighted by Gasteiger charge is -1.96. The van der Waals surface area contributed by atoms with Crippen LogP contribution in [0.5, 0.6) is 5.75 Å². The minimum Gasteiger partial charge on any atom is -0.508 e. The standard InChI is InChI=1S/C8H10O2/c9-6-5-7-1-3-8(10)4-2-7/h1-4,9-10H,5-6H2/i6D/t6-/m0/s1. The second kappa shape index (κ2) is 3.22. The fraction of sp³-hybridized carbons (Fsp3) is 0.250. The fourth-order valence-corrected chi connectivity index (χ4v) is 0.737. The molecule has 1 rings (SSSR count). The van der Waals surface area contributed by atoms with Crippen LogP contribution in [0.2, 0.25) is 0 Å². The Morgan fingerprint density at radius 3 is 2.40 bits per heavy atom. The highest BCUT2D eigenvalue weighted by molar-refractivity contribution is 5.25. The minimum absolute atomic E-state index is 0.202. The first kappa shape index (κ1) is 5.74. The van der Waals surface area contributed by atoms with Crippen molar-refractivity contribution < 1.29 is 11.6 Å². The smallest absolute Gasteiger partial charge is 0.115 e. The number of aliphatic hydroxyl groups is 1. The molecule has 0 unspecified atom stereocenters. The first-order valence-electron chi connectivity index (χ1n) is 3.64. The van der Waals surface area contributed by atoms with Crippen molar-refractivity contribution in [1.82, 2.24) is 0 Å². The number of benzene rings is 1. The van der Waals surface area contributed by atoms with E-state index in [-0.39, 0.29) is 5.75 Å². The summed E-state index contributed by atoms with van der Waals surface area (Å²) in [6.45, 7) is -1.07. The van der Waals surface area contributed by atoms with Crippen LogP contribution in [0.1, 0.15) is 6.93 Å². The first-order chi connectivity index (χ1) is 5.18. The van der Waals surface area contributed by atoms with Gasteiger partial charge in [-0.05, 0) is 24.1 Å². The van der Waals surface area contributed by atoms with E-state index in [0.717, 1.165) is 5.56 Å². The predicted molar refractivity (Wildman–Crippen MR) is 38.9 cm³/mol. The van der Waals surface area contributed by atoms with Gasteiger partial charge in [-0.25, -0.2) is 0 Å². The van der Waals surface area contributed by atoms with Gasteiger partial charge in [0.2, 0.25) is 0 Å². The molecule has 0 saturated carbocycles. The molecule has 2 nitrogen and oxygen atoms in total. The Bertz CT molecular complexity index is 218. The highest BCUT2D eigenvalue weighted by Crippen LogP contribution is 2.09. The van der Waals surface area contributed by atoms with Crippen molar-refractivity contribution in [2.75, 3.05) is 6.58 Å². The molecular weight excluding hydrogens is 128 g/mol. The maximum absolute atomic E-state index is 8.88. The van der Waals surface area contributed by atoms with Crippen molar-refractivity contribution in [1.29, 1.82) is 0 Å². The SMILES string of the molecule is [2H][C@H](O)Cc1ccc(O)cc1. The van der Waals surface area contributed by atoms with E-state index in [4.69, 9.17) is 11.6 Å². The Morgan fingerprint density at radius 2 is 1.90 bits per heavy atom. The normalized spacial score (nSPS) is 14.3. The summed E-state index contributed by atoms with van der Waals surface area (Å²) in [6, 6.07) is 6.45. The highest BCUT2D eigenvalue weighted by atomic mass is 16.3. The summed E-state index contributed by atoms with van der Waals surface area (Å²) in [5.74, 6) is 0.202. The maximum atomic E-state index is 8.88. The third kappa shape index (κ3) is 1.74. The number of rotatable bonds is 2. The quantitative estimate of drug-likeness (QED) is 0.639. The van der Waals surface area contributed by atoms with Gasteiger partial charge >= 0.3 is 0 Å². The van der Waals surface area contributed by atoms with E-state index in [2.05, 4.69) is 0 Å². The second-order valence-corrected chi connectivity index (χ2v) is 2.05. The van der Waals surface area contributed by atoms with Crippen molar-refractivity contribution >= 4 is 0 Å². The molecule has 2 N–H and O–H groups in total. The molecule has 0 aliphatic carbocycles. The van der Waals surface area contributed by atoms with Crippen molar-refractivity contribution in [3.63, 3.8) is 0 Å². The third-order valence-corrected chi connectivity index (χ3v) is 1.26. The van der Waals surface area contributed by atoms with E-state index in [1.165, 1.54) is 12.1 Å². The molecule has 0 heterocycles. The van der Waals surface area contributed by atoms with Gasteiger partial charge in [0.05, 0.1) is 1.37 Å². The van der Waals surface area contributed by atoms with Gasteiger partial charge in [0.1, 0.15) is 5.75 Å². The highest BCUT2D eigenvalue weighted by Gasteiger charge is 1.90. The molecule has 0 aliphatic heterocycles. The summed E-state index contributed by atoms with van der Waals surface area (Å²) in [7, 11) is 0. The maximum Gasteiger partial charge on any atom is 0.115 e. The molecule has 54 valence electrons. The third-order valence-electron chi connectivity index (χ3n) is 1.26. The molecule has 0 aliphatic rings. The van der Waals surface area contributed by atoms with Gasteiger partial charge in [0, 0.05) is 6.58 Å². The van der Waals surface area contributed by atoms with Gasteiger partial charge in [-0.3, -0.25) is 0 Å². The second-order valence-electron chi connectivity index (χ2n) is 2.05. The van der Waals surface area contributed by atoms with Crippen LogP contribution in [0.3, 0.4) is 0 Å². The average Bonchev–Trinajstić information content (AvgIpc) is 1.93. The lowest BCUT2D eigenvalue weighted by atomic mass is 10.2. The van der Waals surface area contributed by atoms with Crippen LogP contribution < -0.4 is 0 Å². The Kier molecular flexibility index (Phi) is 1.85. The fourth-order valence-electron chi connectivity index (χ4n) is 0.737. The van der Waals surface area contributed by atoms with Gasteiger partial charge in [-0.1, -0.05) is 12.1 Å². The monoisotopic (exact) mass is 139 g/mol. The molecule has 1 aromatic rings. The molecule has 0 spiro atoms. The number of hydrogen-bond donors (Lipinski definition) is 2. The zero-order valence-electron chi connectivity index (χ0n) is 6.49. The average molecular weight is 139 g/mol. The topological polar surface area (TPSA) is 40.5 Å². The molecule has 0 bridgehead atoms. The number of aliphatic hydroxyl groups excluding tert-OH is 1. The van der Waals surface area contributed by atoms with Crippen LogP contribution >= 0.6 is 0 Å². The molecule has 0 saturated heterocycles. The molecule has 1 atom stereocenters.